The second-order valence-corrected chi connectivity index (χ2v) is 7.11. The largest absolute Gasteiger partial charge is 0.375 e. The van der Waals surface area contributed by atoms with E-state index in [4.69, 9.17) is 0 Å². The van der Waals surface area contributed by atoms with Crippen LogP contribution in [0.25, 0.3) is 0 Å². The van der Waals surface area contributed by atoms with Crippen molar-refractivity contribution in [2.45, 2.75) is 19.1 Å². The highest BCUT2D eigenvalue weighted by Crippen LogP contribution is 2.46. The van der Waals surface area contributed by atoms with Crippen LogP contribution in [0.5, 0.6) is 0 Å². The zero-order valence-corrected chi connectivity index (χ0v) is 15.6. The summed E-state index contributed by atoms with van der Waals surface area (Å²) in [7, 11) is 0. The molecule has 1 N–H and O–H groups in total. The molecule has 2 unspecified atom stereocenters. The molecule has 4 heteroatoms. The average Bonchev–Trinajstić information content (AvgIpc) is 2.97. The number of amides is 1. The lowest BCUT2D eigenvalue weighted by Crippen LogP contribution is -2.47. The molecule has 1 heterocycles. The molecular formula is C24H21NO3. The summed E-state index contributed by atoms with van der Waals surface area (Å²) in [5.74, 6) is -1.63. The summed E-state index contributed by atoms with van der Waals surface area (Å²) in [6.45, 7) is 1.96. The number of hydrogen-bond donors (Lipinski definition) is 1. The van der Waals surface area contributed by atoms with E-state index in [0.29, 0.717) is 23.4 Å². The fraction of sp³-hybridized carbons (Fsp3) is 0.167. The van der Waals surface area contributed by atoms with E-state index in [1.165, 1.54) is 0 Å². The lowest BCUT2D eigenvalue weighted by Gasteiger charge is -2.28. The molecule has 140 valence electrons. The van der Waals surface area contributed by atoms with Gasteiger partial charge in [-0.2, -0.15) is 0 Å². The van der Waals surface area contributed by atoms with E-state index < -0.39 is 17.4 Å². The highest BCUT2D eigenvalue weighted by molar-refractivity contribution is 6.11. The zero-order chi connectivity index (χ0) is 19.7. The van der Waals surface area contributed by atoms with Crippen LogP contribution < -0.4 is 4.90 Å². The molecule has 0 radical (unpaired) electrons. The molecule has 0 saturated heterocycles. The summed E-state index contributed by atoms with van der Waals surface area (Å²) in [5, 5.41) is 11.5. The Balaban J connectivity index is 1.74. The van der Waals surface area contributed by atoms with Gasteiger partial charge in [0.2, 0.25) is 0 Å². The van der Waals surface area contributed by atoms with E-state index in [1.54, 1.807) is 48.2 Å². The molecule has 0 aliphatic carbocycles. The van der Waals surface area contributed by atoms with Crippen LogP contribution in [0.1, 0.15) is 28.4 Å². The Morgan fingerprint density at radius 1 is 0.929 bits per heavy atom. The molecule has 0 aromatic heterocycles. The molecule has 0 fully saturated rings. The van der Waals surface area contributed by atoms with Gasteiger partial charge in [-0.15, -0.1) is 0 Å². The fourth-order valence-corrected chi connectivity index (χ4v) is 3.85. The maximum Gasteiger partial charge on any atom is 0.264 e. The van der Waals surface area contributed by atoms with Crippen molar-refractivity contribution in [3.05, 3.63) is 102 Å². The summed E-state index contributed by atoms with van der Waals surface area (Å²) < 4.78 is 0. The number of carbonyl (C=O) groups is 2. The molecule has 1 aliphatic heterocycles. The summed E-state index contributed by atoms with van der Waals surface area (Å²) in [5.41, 5.74) is 0.671. The summed E-state index contributed by atoms with van der Waals surface area (Å²) >= 11 is 0. The molecule has 28 heavy (non-hydrogen) atoms. The number of anilines is 1. The number of fused-ring (bicyclic) bond motifs is 1. The Hall–Kier alpha value is -3.24. The van der Waals surface area contributed by atoms with Crippen LogP contribution in [0, 0.1) is 5.92 Å². The topological polar surface area (TPSA) is 57.6 Å². The van der Waals surface area contributed by atoms with E-state index in [9.17, 15) is 14.7 Å². The third-order valence-electron chi connectivity index (χ3n) is 5.44. The first-order valence-corrected chi connectivity index (χ1v) is 9.30. The van der Waals surface area contributed by atoms with Gasteiger partial charge in [-0.3, -0.25) is 9.59 Å². The minimum Gasteiger partial charge on any atom is -0.375 e. The molecule has 1 aliphatic rings. The minimum absolute atomic E-state index is 0.257. The number of rotatable bonds is 5. The number of hydrogen-bond acceptors (Lipinski definition) is 3. The molecule has 0 saturated carbocycles. The number of benzene rings is 3. The van der Waals surface area contributed by atoms with Crippen molar-refractivity contribution >= 4 is 17.4 Å². The lowest BCUT2D eigenvalue weighted by atomic mass is 9.79. The quantitative estimate of drug-likeness (QED) is 0.691. The average molecular weight is 371 g/mol. The number of Topliss-reactive ketones (excluding diaryl/α,β-unsaturated/α-hetero) is 1. The predicted octanol–water partition coefficient (Wildman–Crippen LogP) is 3.94. The van der Waals surface area contributed by atoms with E-state index in [2.05, 4.69) is 0 Å². The standard InChI is InChI=1S/C24H21NO3/c1-17(22(26)19-12-6-3-7-13-19)24(28)20-14-8-9-15-21(20)25(23(24)27)16-18-10-4-2-5-11-18/h2-15,17,28H,16H2,1H3. The first-order valence-electron chi connectivity index (χ1n) is 9.30. The van der Waals surface area contributed by atoms with Gasteiger partial charge in [-0.1, -0.05) is 85.8 Å². The van der Waals surface area contributed by atoms with Crippen LogP contribution >= 0.6 is 0 Å². The highest BCUT2D eigenvalue weighted by Gasteiger charge is 2.55. The third-order valence-corrected chi connectivity index (χ3v) is 5.44. The smallest absolute Gasteiger partial charge is 0.264 e. The molecule has 4 nitrogen and oxygen atoms in total. The van der Waals surface area contributed by atoms with Crippen LogP contribution in [-0.4, -0.2) is 16.8 Å². The number of para-hydroxylation sites is 1. The third kappa shape index (κ3) is 2.83. The number of nitrogens with zero attached hydrogens (tertiary/aromatic N) is 1. The van der Waals surface area contributed by atoms with Gasteiger partial charge in [0.1, 0.15) is 0 Å². The molecule has 0 bridgehead atoms. The fourth-order valence-electron chi connectivity index (χ4n) is 3.85. The van der Waals surface area contributed by atoms with Crippen molar-refractivity contribution in [3.63, 3.8) is 0 Å². The second-order valence-electron chi connectivity index (χ2n) is 7.11. The molecular weight excluding hydrogens is 350 g/mol. The molecule has 2 atom stereocenters. The first kappa shape index (κ1) is 18.1. The van der Waals surface area contributed by atoms with Gasteiger partial charge in [-0.25, -0.2) is 0 Å². The highest BCUT2D eigenvalue weighted by atomic mass is 16.3. The Bertz CT molecular complexity index is 1020. The van der Waals surface area contributed by atoms with Crippen molar-refractivity contribution in [2.75, 3.05) is 4.90 Å². The van der Waals surface area contributed by atoms with Gasteiger partial charge in [0.05, 0.1) is 18.2 Å². The van der Waals surface area contributed by atoms with E-state index in [1.807, 2.05) is 48.5 Å². The van der Waals surface area contributed by atoms with Crippen LogP contribution in [0.3, 0.4) is 0 Å². The van der Waals surface area contributed by atoms with Crippen LogP contribution in [-0.2, 0) is 16.9 Å². The van der Waals surface area contributed by atoms with E-state index in [0.717, 1.165) is 5.56 Å². The van der Waals surface area contributed by atoms with Crippen LogP contribution in [0.2, 0.25) is 0 Å². The Morgan fingerprint density at radius 3 is 2.18 bits per heavy atom. The molecule has 1 amide bonds. The Morgan fingerprint density at radius 2 is 1.50 bits per heavy atom. The SMILES string of the molecule is CC(C(=O)c1ccccc1)C1(O)C(=O)N(Cc2ccccc2)c2ccccc21. The summed E-state index contributed by atoms with van der Waals surface area (Å²) in [6.07, 6.45) is 0. The first-order chi connectivity index (χ1) is 13.5. The molecule has 3 aromatic rings. The summed E-state index contributed by atoms with van der Waals surface area (Å²) in [6, 6.07) is 25.6. The Labute approximate surface area is 164 Å². The van der Waals surface area contributed by atoms with Crippen molar-refractivity contribution in [1.82, 2.24) is 0 Å². The molecule has 4 rings (SSSR count). The van der Waals surface area contributed by atoms with Crippen molar-refractivity contribution in [3.8, 4) is 0 Å². The predicted molar refractivity (Wildman–Crippen MR) is 108 cm³/mol. The number of aliphatic hydroxyl groups is 1. The molecule has 3 aromatic carbocycles. The number of carbonyl (C=O) groups excluding carboxylic acids is 2. The maximum absolute atomic E-state index is 13.4. The van der Waals surface area contributed by atoms with Gasteiger partial charge in [0.15, 0.2) is 11.4 Å². The molecule has 0 spiro atoms. The minimum atomic E-state index is -1.89. The van der Waals surface area contributed by atoms with Gasteiger partial charge in [0.25, 0.3) is 5.91 Å². The Kier molecular flexibility index (Phi) is 4.57. The van der Waals surface area contributed by atoms with Gasteiger partial charge in [-0.05, 0) is 11.6 Å². The van der Waals surface area contributed by atoms with E-state index >= 15 is 0 Å². The van der Waals surface area contributed by atoms with Crippen molar-refractivity contribution in [1.29, 1.82) is 0 Å². The van der Waals surface area contributed by atoms with Crippen molar-refractivity contribution in [2.24, 2.45) is 5.92 Å². The van der Waals surface area contributed by atoms with Crippen LogP contribution in [0.15, 0.2) is 84.9 Å². The van der Waals surface area contributed by atoms with Crippen molar-refractivity contribution < 1.29 is 14.7 Å². The van der Waals surface area contributed by atoms with E-state index in [-0.39, 0.29) is 5.78 Å². The van der Waals surface area contributed by atoms with Crippen LogP contribution in [0.4, 0.5) is 5.69 Å². The van der Waals surface area contributed by atoms with Gasteiger partial charge >= 0.3 is 0 Å². The normalized spacial score (nSPS) is 19.4. The van der Waals surface area contributed by atoms with Gasteiger partial charge < -0.3 is 10.0 Å². The number of ketones is 1. The second kappa shape index (κ2) is 7.06. The maximum atomic E-state index is 13.4. The zero-order valence-electron chi connectivity index (χ0n) is 15.6. The van der Waals surface area contributed by atoms with Gasteiger partial charge in [0, 0.05) is 11.1 Å². The lowest BCUT2D eigenvalue weighted by molar-refractivity contribution is -0.139. The summed E-state index contributed by atoms with van der Waals surface area (Å²) in [4.78, 5) is 28.0. The monoisotopic (exact) mass is 371 g/mol.